The summed E-state index contributed by atoms with van der Waals surface area (Å²) < 4.78 is 0. The van der Waals surface area contributed by atoms with Gasteiger partial charge in [0.1, 0.15) is 0 Å². The topological polar surface area (TPSA) is 17.1 Å². The lowest BCUT2D eigenvalue weighted by atomic mass is 10.1. The number of unbranched alkanes of at least 4 members (excludes halogenated alkanes) is 1. The SMILES string of the molecule is CCCCC(=O)c1ccsc1. The molecule has 0 aliphatic carbocycles. The van der Waals surface area contributed by atoms with Crippen LogP contribution in [0.4, 0.5) is 0 Å². The Morgan fingerprint density at radius 3 is 3.00 bits per heavy atom. The number of thiophene rings is 1. The van der Waals surface area contributed by atoms with Crippen molar-refractivity contribution in [1.29, 1.82) is 0 Å². The van der Waals surface area contributed by atoms with Crippen LogP contribution in [0.3, 0.4) is 0 Å². The molecule has 1 aromatic heterocycles. The van der Waals surface area contributed by atoms with Crippen molar-refractivity contribution in [3.8, 4) is 0 Å². The zero-order valence-electron chi connectivity index (χ0n) is 6.67. The minimum absolute atomic E-state index is 0.285. The molecule has 0 N–H and O–H groups in total. The third kappa shape index (κ3) is 2.46. The second-order valence-corrected chi connectivity index (χ2v) is 3.32. The van der Waals surface area contributed by atoms with Gasteiger partial charge in [-0.15, -0.1) is 0 Å². The summed E-state index contributed by atoms with van der Waals surface area (Å²) >= 11 is 1.58. The van der Waals surface area contributed by atoms with Crippen molar-refractivity contribution >= 4 is 17.1 Å². The van der Waals surface area contributed by atoms with Crippen LogP contribution in [-0.4, -0.2) is 5.78 Å². The highest BCUT2D eigenvalue weighted by Crippen LogP contribution is 2.10. The highest BCUT2D eigenvalue weighted by atomic mass is 32.1. The monoisotopic (exact) mass is 168 g/mol. The summed E-state index contributed by atoms with van der Waals surface area (Å²) in [4.78, 5) is 11.3. The van der Waals surface area contributed by atoms with Crippen LogP contribution in [0.2, 0.25) is 0 Å². The molecule has 0 aromatic carbocycles. The molecule has 0 saturated heterocycles. The number of carbonyl (C=O) groups excluding carboxylic acids is 1. The predicted molar refractivity (Wildman–Crippen MR) is 48.2 cm³/mol. The number of Topliss-reactive ketones (excluding diaryl/α,β-unsaturated/α-hetero) is 1. The Morgan fingerprint density at radius 1 is 1.64 bits per heavy atom. The number of hydrogen-bond donors (Lipinski definition) is 0. The third-order valence-corrected chi connectivity index (χ3v) is 2.28. The maximum Gasteiger partial charge on any atom is 0.163 e. The minimum atomic E-state index is 0.285. The van der Waals surface area contributed by atoms with Crippen LogP contribution >= 0.6 is 11.3 Å². The summed E-state index contributed by atoms with van der Waals surface area (Å²) in [5, 5.41) is 3.86. The normalized spacial score (nSPS) is 9.91. The molecule has 1 heterocycles. The lowest BCUT2D eigenvalue weighted by Gasteiger charge is -1.93. The number of rotatable bonds is 4. The lowest BCUT2D eigenvalue weighted by Crippen LogP contribution is -1.95. The van der Waals surface area contributed by atoms with Crippen LogP contribution in [0.1, 0.15) is 36.5 Å². The van der Waals surface area contributed by atoms with Crippen LogP contribution in [0.5, 0.6) is 0 Å². The van der Waals surface area contributed by atoms with Gasteiger partial charge in [0, 0.05) is 17.4 Å². The molecular weight excluding hydrogens is 156 g/mol. The van der Waals surface area contributed by atoms with Crippen LogP contribution < -0.4 is 0 Å². The van der Waals surface area contributed by atoms with Gasteiger partial charge in [0.15, 0.2) is 5.78 Å². The maximum atomic E-state index is 11.3. The Bertz CT molecular complexity index is 213. The van der Waals surface area contributed by atoms with Gasteiger partial charge in [0.2, 0.25) is 0 Å². The van der Waals surface area contributed by atoms with Gasteiger partial charge in [-0.1, -0.05) is 13.3 Å². The van der Waals surface area contributed by atoms with E-state index in [9.17, 15) is 4.79 Å². The first-order valence-corrected chi connectivity index (χ1v) is 4.84. The molecule has 0 bridgehead atoms. The minimum Gasteiger partial charge on any atom is -0.294 e. The van der Waals surface area contributed by atoms with E-state index in [-0.39, 0.29) is 5.78 Å². The van der Waals surface area contributed by atoms with Crippen molar-refractivity contribution in [2.75, 3.05) is 0 Å². The summed E-state index contributed by atoms with van der Waals surface area (Å²) in [6.45, 7) is 2.10. The van der Waals surface area contributed by atoms with E-state index < -0.39 is 0 Å². The van der Waals surface area contributed by atoms with E-state index in [2.05, 4.69) is 6.92 Å². The quantitative estimate of drug-likeness (QED) is 0.631. The van der Waals surface area contributed by atoms with Crippen LogP contribution in [0, 0.1) is 0 Å². The zero-order valence-corrected chi connectivity index (χ0v) is 7.49. The fraction of sp³-hybridized carbons (Fsp3) is 0.444. The Labute approximate surface area is 71.1 Å². The smallest absolute Gasteiger partial charge is 0.163 e. The van der Waals surface area contributed by atoms with Gasteiger partial charge in [-0.2, -0.15) is 11.3 Å². The highest BCUT2D eigenvalue weighted by Gasteiger charge is 2.03. The van der Waals surface area contributed by atoms with Gasteiger partial charge in [-0.05, 0) is 17.9 Å². The van der Waals surface area contributed by atoms with Crippen molar-refractivity contribution in [3.63, 3.8) is 0 Å². The van der Waals surface area contributed by atoms with Crippen LogP contribution in [-0.2, 0) is 0 Å². The molecule has 2 heteroatoms. The Kier molecular flexibility index (Phi) is 3.30. The molecule has 0 aliphatic rings. The first-order chi connectivity index (χ1) is 5.34. The van der Waals surface area contributed by atoms with Gasteiger partial charge in [-0.3, -0.25) is 4.79 Å². The van der Waals surface area contributed by atoms with E-state index in [0.29, 0.717) is 6.42 Å². The third-order valence-electron chi connectivity index (χ3n) is 1.60. The average Bonchev–Trinajstić information content (AvgIpc) is 2.52. The summed E-state index contributed by atoms with van der Waals surface area (Å²) in [5.41, 5.74) is 0.878. The highest BCUT2D eigenvalue weighted by molar-refractivity contribution is 7.08. The molecule has 11 heavy (non-hydrogen) atoms. The number of carbonyl (C=O) groups is 1. The summed E-state index contributed by atoms with van der Waals surface area (Å²) in [5.74, 6) is 0.285. The molecule has 0 unspecified atom stereocenters. The van der Waals surface area contributed by atoms with Gasteiger partial charge < -0.3 is 0 Å². The first kappa shape index (κ1) is 8.47. The van der Waals surface area contributed by atoms with Crippen molar-refractivity contribution in [1.82, 2.24) is 0 Å². The predicted octanol–water partition coefficient (Wildman–Crippen LogP) is 3.12. The van der Waals surface area contributed by atoms with Crippen molar-refractivity contribution in [2.24, 2.45) is 0 Å². The molecular formula is C9H12OS. The van der Waals surface area contributed by atoms with E-state index in [1.807, 2.05) is 16.8 Å². The van der Waals surface area contributed by atoms with Gasteiger partial charge >= 0.3 is 0 Å². The Morgan fingerprint density at radius 2 is 2.45 bits per heavy atom. The standard InChI is InChI=1S/C9H12OS/c1-2-3-4-9(10)8-5-6-11-7-8/h5-7H,2-4H2,1H3. The fourth-order valence-electron chi connectivity index (χ4n) is 0.905. The molecule has 0 saturated carbocycles. The van der Waals surface area contributed by atoms with Crippen molar-refractivity contribution < 1.29 is 4.79 Å². The van der Waals surface area contributed by atoms with Crippen LogP contribution in [0.25, 0.3) is 0 Å². The Hall–Kier alpha value is -0.630. The summed E-state index contributed by atoms with van der Waals surface area (Å²) in [6.07, 6.45) is 2.80. The summed E-state index contributed by atoms with van der Waals surface area (Å²) in [6, 6.07) is 1.89. The van der Waals surface area contributed by atoms with Crippen molar-refractivity contribution in [2.45, 2.75) is 26.2 Å². The molecule has 0 spiro atoms. The largest absolute Gasteiger partial charge is 0.294 e. The Balaban J connectivity index is 2.43. The lowest BCUT2D eigenvalue weighted by molar-refractivity contribution is 0.0980. The van der Waals surface area contributed by atoms with E-state index in [1.165, 1.54) is 0 Å². The maximum absolute atomic E-state index is 11.3. The number of ketones is 1. The van der Waals surface area contributed by atoms with E-state index >= 15 is 0 Å². The molecule has 1 aromatic rings. The van der Waals surface area contributed by atoms with Gasteiger partial charge in [0.05, 0.1) is 0 Å². The van der Waals surface area contributed by atoms with E-state index in [4.69, 9.17) is 0 Å². The molecule has 0 radical (unpaired) electrons. The molecule has 0 aliphatic heterocycles. The van der Waals surface area contributed by atoms with Crippen molar-refractivity contribution in [3.05, 3.63) is 22.4 Å². The molecule has 1 rings (SSSR count). The fourth-order valence-corrected chi connectivity index (χ4v) is 1.57. The second-order valence-electron chi connectivity index (χ2n) is 2.54. The molecule has 0 fully saturated rings. The molecule has 0 atom stereocenters. The summed E-state index contributed by atoms with van der Waals surface area (Å²) in [7, 11) is 0. The van der Waals surface area contributed by atoms with Crippen LogP contribution in [0.15, 0.2) is 16.8 Å². The number of hydrogen-bond acceptors (Lipinski definition) is 2. The second kappa shape index (κ2) is 4.29. The molecule has 60 valence electrons. The van der Waals surface area contributed by atoms with Gasteiger partial charge in [-0.25, -0.2) is 0 Å². The zero-order chi connectivity index (χ0) is 8.10. The van der Waals surface area contributed by atoms with E-state index in [1.54, 1.807) is 11.3 Å². The molecule has 0 amide bonds. The van der Waals surface area contributed by atoms with E-state index in [0.717, 1.165) is 18.4 Å². The van der Waals surface area contributed by atoms with Gasteiger partial charge in [0.25, 0.3) is 0 Å². The molecule has 1 nitrogen and oxygen atoms in total. The first-order valence-electron chi connectivity index (χ1n) is 3.90. The average molecular weight is 168 g/mol.